The molecule has 0 aromatic heterocycles. The van der Waals surface area contributed by atoms with E-state index in [2.05, 4.69) is 19.2 Å². The van der Waals surface area contributed by atoms with Gasteiger partial charge in [0.15, 0.2) is 0 Å². The molecular formula is C20H25NO3. The van der Waals surface area contributed by atoms with Crippen molar-refractivity contribution in [3.05, 3.63) is 48.0 Å². The minimum atomic E-state index is -0.666. The van der Waals surface area contributed by atoms with Crippen molar-refractivity contribution < 1.29 is 14.3 Å². The lowest BCUT2D eigenvalue weighted by Gasteiger charge is -2.18. The summed E-state index contributed by atoms with van der Waals surface area (Å²) in [5.41, 5.74) is 1.02. The predicted octanol–water partition coefficient (Wildman–Crippen LogP) is 3.48. The Morgan fingerprint density at radius 1 is 1.08 bits per heavy atom. The summed E-state index contributed by atoms with van der Waals surface area (Å²) in [5, 5.41) is 5.03. The zero-order valence-corrected chi connectivity index (χ0v) is 14.5. The topological polar surface area (TPSA) is 55.4 Å². The Morgan fingerprint density at radius 3 is 2.50 bits per heavy atom. The number of fused-ring (bicyclic) bond motifs is 1. The first-order valence-corrected chi connectivity index (χ1v) is 8.35. The van der Waals surface area contributed by atoms with Gasteiger partial charge in [0.25, 0.3) is 0 Å². The van der Waals surface area contributed by atoms with E-state index in [1.165, 1.54) is 7.11 Å². The van der Waals surface area contributed by atoms with E-state index in [-0.39, 0.29) is 5.91 Å². The van der Waals surface area contributed by atoms with E-state index in [4.69, 9.17) is 4.74 Å². The number of amides is 1. The van der Waals surface area contributed by atoms with Crippen LogP contribution < -0.4 is 5.32 Å². The molecule has 0 aliphatic rings. The minimum absolute atomic E-state index is 0.112. The molecule has 0 aliphatic carbocycles. The SMILES string of the molecule is COC(=O)C(Cc1cccc2ccccc12)NC(=O)CCC(C)C. The molecule has 0 fully saturated rings. The fourth-order valence-electron chi connectivity index (χ4n) is 2.71. The fraction of sp³-hybridized carbons (Fsp3) is 0.400. The average molecular weight is 327 g/mol. The van der Waals surface area contributed by atoms with Crippen molar-refractivity contribution in [1.82, 2.24) is 5.32 Å². The number of carbonyl (C=O) groups is 2. The maximum Gasteiger partial charge on any atom is 0.328 e. The van der Waals surface area contributed by atoms with Gasteiger partial charge in [-0.1, -0.05) is 56.3 Å². The van der Waals surface area contributed by atoms with Crippen LogP contribution in [0.3, 0.4) is 0 Å². The molecule has 0 saturated carbocycles. The quantitative estimate of drug-likeness (QED) is 0.792. The Labute approximate surface area is 143 Å². The summed E-state index contributed by atoms with van der Waals surface area (Å²) in [5.74, 6) is -0.0782. The Hall–Kier alpha value is -2.36. The molecular weight excluding hydrogens is 302 g/mol. The number of methoxy groups -OCH3 is 1. The second-order valence-corrected chi connectivity index (χ2v) is 6.42. The summed E-state index contributed by atoms with van der Waals surface area (Å²) in [6, 6.07) is 13.3. The van der Waals surface area contributed by atoms with Gasteiger partial charge in [0, 0.05) is 12.8 Å². The molecule has 0 bridgehead atoms. The lowest BCUT2D eigenvalue weighted by molar-refractivity contribution is -0.145. The highest BCUT2D eigenvalue weighted by molar-refractivity contribution is 5.88. The van der Waals surface area contributed by atoms with Gasteiger partial charge in [0.1, 0.15) is 6.04 Å². The number of rotatable bonds is 7. The van der Waals surface area contributed by atoms with Crippen molar-refractivity contribution in [2.24, 2.45) is 5.92 Å². The zero-order valence-electron chi connectivity index (χ0n) is 14.5. The van der Waals surface area contributed by atoms with E-state index in [1.807, 2.05) is 42.5 Å². The van der Waals surface area contributed by atoms with Crippen LogP contribution >= 0.6 is 0 Å². The summed E-state index contributed by atoms with van der Waals surface area (Å²) in [4.78, 5) is 24.2. The first-order chi connectivity index (χ1) is 11.5. The second kappa shape index (κ2) is 8.48. The summed E-state index contributed by atoms with van der Waals surface area (Å²) in [6.45, 7) is 4.14. The van der Waals surface area contributed by atoms with Crippen LogP contribution in [0.1, 0.15) is 32.3 Å². The van der Waals surface area contributed by atoms with Crippen LogP contribution in [0.4, 0.5) is 0 Å². The molecule has 4 nitrogen and oxygen atoms in total. The molecule has 2 aromatic carbocycles. The molecule has 2 aromatic rings. The smallest absolute Gasteiger partial charge is 0.328 e. The van der Waals surface area contributed by atoms with E-state index < -0.39 is 12.0 Å². The van der Waals surface area contributed by atoms with Gasteiger partial charge in [-0.2, -0.15) is 0 Å². The molecule has 24 heavy (non-hydrogen) atoms. The maximum absolute atomic E-state index is 12.1. The van der Waals surface area contributed by atoms with Gasteiger partial charge in [0.05, 0.1) is 7.11 Å². The minimum Gasteiger partial charge on any atom is -0.467 e. The van der Waals surface area contributed by atoms with E-state index in [1.54, 1.807) is 0 Å². The zero-order chi connectivity index (χ0) is 17.5. The van der Waals surface area contributed by atoms with Crippen molar-refractivity contribution in [3.63, 3.8) is 0 Å². The van der Waals surface area contributed by atoms with E-state index in [0.29, 0.717) is 18.8 Å². The normalized spacial score (nSPS) is 12.2. The van der Waals surface area contributed by atoms with E-state index >= 15 is 0 Å². The number of hydrogen-bond donors (Lipinski definition) is 1. The van der Waals surface area contributed by atoms with Crippen LogP contribution in [-0.4, -0.2) is 25.0 Å². The van der Waals surface area contributed by atoms with Crippen LogP contribution in [0, 0.1) is 5.92 Å². The van der Waals surface area contributed by atoms with Crippen LogP contribution in [0.5, 0.6) is 0 Å². The lowest BCUT2D eigenvalue weighted by atomic mass is 9.98. The number of esters is 1. The van der Waals surface area contributed by atoms with Gasteiger partial charge in [-0.15, -0.1) is 0 Å². The van der Waals surface area contributed by atoms with Gasteiger partial charge in [-0.3, -0.25) is 4.79 Å². The number of benzene rings is 2. The number of ether oxygens (including phenoxy) is 1. The van der Waals surface area contributed by atoms with Gasteiger partial charge >= 0.3 is 5.97 Å². The molecule has 0 heterocycles. The molecule has 128 valence electrons. The third-order valence-electron chi connectivity index (χ3n) is 4.07. The van der Waals surface area contributed by atoms with E-state index in [0.717, 1.165) is 22.8 Å². The van der Waals surface area contributed by atoms with Crippen LogP contribution in [-0.2, 0) is 20.7 Å². The molecule has 0 spiro atoms. The third kappa shape index (κ3) is 4.82. The molecule has 0 saturated heterocycles. The average Bonchev–Trinajstić information content (AvgIpc) is 2.59. The summed E-state index contributed by atoms with van der Waals surface area (Å²) in [7, 11) is 1.35. The Bertz CT molecular complexity index is 704. The Morgan fingerprint density at radius 2 is 1.79 bits per heavy atom. The molecule has 4 heteroatoms. The van der Waals surface area contributed by atoms with Gasteiger partial charge < -0.3 is 10.1 Å². The van der Waals surface area contributed by atoms with Crippen molar-refractivity contribution in [3.8, 4) is 0 Å². The third-order valence-corrected chi connectivity index (χ3v) is 4.07. The highest BCUT2D eigenvalue weighted by atomic mass is 16.5. The van der Waals surface area contributed by atoms with Crippen molar-refractivity contribution >= 4 is 22.6 Å². The standard InChI is InChI=1S/C20H25NO3/c1-14(2)11-12-19(22)21-18(20(23)24-3)13-16-9-6-8-15-7-4-5-10-17(15)16/h4-10,14,18H,11-13H2,1-3H3,(H,21,22). The van der Waals surface area contributed by atoms with Crippen LogP contribution in [0.25, 0.3) is 10.8 Å². The predicted molar refractivity (Wildman–Crippen MR) is 95.7 cm³/mol. The summed E-state index contributed by atoms with van der Waals surface area (Å²) in [6.07, 6.45) is 1.64. The highest BCUT2D eigenvalue weighted by Gasteiger charge is 2.22. The molecule has 0 aliphatic heterocycles. The first-order valence-electron chi connectivity index (χ1n) is 8.35. The van der Waals surface area contributed by atoms with Crippen LogP contribution in [0.15, 0.2) is 42.5 Å². The van der Waals surface area contributed by atoms with Gasteiger partial charge in [-0.25, -0.2) is 4.79 Å². The monoisotopic (exact) mass is 327 g/mol. The van der Waals surface area contributed by atoms with Gasteiger partial charge in [0.2, 0.25) is 5.91 Å². The van der Waals surface area contributed by atoms with Crippen LogP contribution in [0.2, 0.25) is 0 Å². The van der Waals surface area contributed by atoms with Crippen molar-refractivity contribution in [2.45, 2.75) is 39.2 Å². The Balaban J connectivity index is 2.16. The maximum atomic E-state index is 12.1. The first kappa shape index (κ1) is 18.0. The lowest BCUT2D eigenvalue weighted by Crippen LogP contribution is -2.43. The molecule has 2 rings (SSSR count). The van der Waals surface area contributed by atoms with E-state index in [9.17, 15) is 9.59 Å². The summed E-state index contributed by atoms with van der Waals surface area (Å²) < 4.78 is 4.87. The van der Waals surface area contributed by atoms with Crippen molar-refractivity contribution in [1.29, 1.82) is 0 Å². The number of nitrogens with one attached hydrogen (secondary N) is 1. The fourth-order valence-corrected chi connectivity index (χ4v) is 2.71. The number of carbonyl (C=O) groups excluding carboxylic acids is 2. The number of hydrogen-bond acceptors (Lipinski definition) is 3. The van der Waals surface area contributed by atoms with Gasteiger partial charge in [-0.05, 0) is 28.7 Å². The molecule has 1 unspecified atom stereocenters. The second-order valence-electron chi connectivity index (χ2n) is 6.42. The molecule has 1 atom stereocenters. The Kier molecular flexibility index (Phi) is 6.36. The largest absolute Gasteiger partial charge is 0.467 e. The molecule has 1 amide bonds. The summed E-state index contributed by atoms with van der Waals surface area (Å²) >= 11 is 0. The molecule has 1 N–H and O–H groups in total. The highest BCUT2D eigenvalue weighted by Crippen LogP contribution is 2.20. The van der Waals surface area contributed by atoms with Crippen molar-refractivity contribution in [2.75, 3.05) is 7.11 Å². The molecule has 0 radical (unpaired) electrons.